The summed E-state index contributed by atoms with van der Waals surface area (Å²) in [5, 5.41) is 0. The molecule has 1 N–H and O–H groups in total. The molecule has 0 saturated carbocycles. The van der Waals surface area contributed by atoms with Crippen molar-refractivity contribution in [1.82, 2.24) is 4.72 Å². The smallest absolute Gasteiger partial charge is 0.374 e. The maximum atomic E-state index is 10.3. The van der Waals surface area contributed by atoms with Gasteiger partial charge in [0.05, 0.1) is 0 Å². The molecule has 0 heterocycles. The van der Waals surface area contributed by atoms with E-state index in [1.54, 1.807) is 6.08 Å². The van der Waals surface area contributed by atoms with Gasteiger partial charge < -0.3 is 13.3 Å². The second-order valence-electron chi connectivity index (χ2n) is 3.97. The van der Waals surface area contributed by atoms with E-state index in [-0.39, 0.29) is 0 Å². The van der Waals surface area contributed by atoms with Crippen molar-refractivity contribution in [2.75, 3.05) is 26.4 Å². The molecule has 0 radical (unpaired) electrons. The van der Waals surface area contributed by atoms with E-state index < -0.39 is 19.7 Å². The van der Waals surface area contributed by atoms with Gasteiger partial charge in [-0.15, -0.1) is 0 Å². The summed E-state index contributed by atoms with van der Waals surface area (Å²) < 4.78 is 40.1. The van der Waals surface area contributed by atoms with Gasteiger partial charge in [-0.2, -0.15) is 0 Å². The first-order valence-electron chi connectivity index (χ1n) is 7.05. The number of thiol groups is 1. The lowest BCUT2D eigenvalue weighted by Crippen LogP contribution is -2.45. The molecule has 120 valence electrons. The maximum absolute atomic E-state index is 10.3. The number of nitrogens with one attached hydrogen (secondary N) is 1. The fourth-order valence-corrected chi connectivity index (χ4v) is 4.66. The van der Waals surface area contributed by atoms with Gasteiger partial charge in [0, 0.05) is 32.4 Å². The molecule has 0 aliphatic carbocycles. The molecule has 0 saturated heterocycles. The van der Waals surface area contributed by atoms with E-state index in [2.05, 4.69) is 4.72 Å². The van der Waals surface area contributed by atoms with Gasteiger partial charge in [-0.3, -0.25) is 0 Å². The van der Waals surface area contributed by atoms with Gasteiger partial charge in [-0.25, -0.2) is 13.1 Å². The number of hydrogen-bond donors (Lipinski definition) is 2. The molecule has 0 aromatic carbocycles. The lowest BCUT2D eigenvalue weighted by Gasteiger charge is -2.28. The quantitative estimate of drug-likeness (QED) is 0.232. The van der Waals surface area contributed by atoms with E-state index in [0.717, 1.165) is 18.9 Å². The van der Waals surface area contributed by atoms with Crippen molar-refractivity contribution in [2.24, 2.45) is 0 Å². The van der Waals surface area contributed by atoms with E-state index in [1.807, 2.05) is 26.8 Å². The number of hydrogen-bond acceptors (Lipinski definition) is 5. The van der Waals surface area contributed by atoms with Crippen LogP contribution >= 0.6 is 0 Å². The molecule has 8 heteroatoms. The zero-order valence-corrected chi connectivity index (χ0v) is 14.5. The van der Waals surface area contributed by atoms with Crippen LogP contribution in [0.3, 0.4) is 0 Å². The van der Waals surface area contributed by atoms with Crippen LogP contribution < -0.4 is 4.72 Å². The molecular formula is C12H27NO5SSi. The highest BCUT2D eigenvalue weighted by atomic mass is 32.2. The fraction of sp³-hybridized carbons (Fsp3) is 0.833. The van der Waals surface area contributed by atoms with Crippen molar-refractivity contribution < 1.29 is 21.7 Å². The average molecular weight is 326 g/mol. The van der Waals surface area contributed by atoms with E-state index in [1.165, 1.54) is 0 Å². The summed E-state index contributed by atoms with van der Waals surface area (Å²) in [5.41, 5.74) is 0. The van der Waals surface area contributed by atoms with Gasteiger partial charge in [0.1, 0.15) is 0 Å². The third kappa shape index (κ3) is 9.62. The highest BCUT2D eigenvalue weighted by molar-refractivity contribution is 7.70. The topological polar surface area (TPSA) is 73.9 Å². The minimum atomic E-state index is -2.53. The molecule has 0 bridgehead atoms. The first-order chi connectivity index (χ1) is 9.60. The third-order valence-corrected chi connectivity index (χ3v) is 6.04. The van der Waals surface area contributed by atoms with Crippen LogP contribution in [0.5, 0.6) is 0 Å². The molecule has 0 aliphatic rings. The van der Waals surface area contributed by atoms with Crippen molar-refractivity contribution >= 4 is 19.7 Å². The first-order valence-corrected chi connectivity index (χ1v) is 10.2. The predicted octanol–water partition coefficient (Wildman–Crippen LogP) is 1.49. The Labute approximate surface area is 124 Å². The van der Waals surface area contributed by atoms with Crippen molar-refractivity contribution in [2.45, 2.75) is 39.7 Å². The summed E-state index contributed by atoms with van der Waals surface area (Å²) in [6.45, 7) is 7.91. The summed E-state index contributed by atoms with van der Waals surface area (Å²) in [5.74, 6) is 0. The van der Waals surface area contributed by atoms with Gasteiger partial charge in [-0.05, 0) is 33.6 Å². The second-order valence-corrected chi connectivity index (χ2v) is 7.53. The average Bonchev–Trinajstić information content (AvgIpc) is 2.38. The Hall–Kier alpha value is -0.253. The summed E-state index contributed by atoms with van der Waals surface area (Å²) in [6, 6.07) is 0.774. The zero-order valence-electron chi connectivity index (χ0n) is 12.6. The van der Waals surface area contributed by atoms with Crippen LogP contribution in [0.1, 0.15) is 33.6 Å². The molecule has 0 aromatic heterocycles. The molecule has 0 unspecified atom stereocenters. The third-order valence-electron chi connectivity index (χ3n) is 2.45. The SMILES string of the molecule is CCO[Si](CCCC=CCN[SH](=O)=O)(OCC)OCC. The highest BCUT2D eigenvalue weighted by Gasteiger charge is 2.39. The van der Waals surface area contributed by atoms with Crippen LogP contribution in [-0.2, 0) is 24.2 Å². The molecule has 0 aromatic rings. The second kappa shape index (κ2) is 12.5. The van der Waals surface area contributed by atoms with Crippen molar-refractivity contribution in [3.05, 3.63) is 12.2 Å². The maximum Gasteiger partial charge on any atom is 0.500 e. The minimum absolute atomic E-state index is 0.337. The Morgan fingerprint density at radius 1 is 1.00 bits per heavy atom. The van der Waals surface area contributed by atoms with E-state index in [4.69, 9.17) is 13.3 Å². The summed E-state index contributed by atoms with van der Waals surface area (Å²) in [7, 11) is -5.04. The van der Waals surface area contributed by atoms with Crippen LogP contribution in [0.15, 0.2) is 12.2 Å². The summed E-state index contributed by atoms with van der Waals surface area (Å²) in [6.07, 6.45) is 5.50. The van der Waals surface area contributed by atoms with Crippen LogP contribution in [0.25, 0.3) is 0 Å². The molecule has 6 nitrogen and oxygen atoms in total. The molecule has 0 atom stereocenters. The van der Waals surface area contributed by atoms with Crippen LogP contribution in [0.4, 0.5) is 0 Å². The number of rotatable bonds is 13. The van der Waals surface area contributed by atoms with Gasteiger partial charge in [0.15, 0.2) is 0 Å². The normalized spacial score (nSPS) is 12.6. The van der Waals surface area contributed by atoms with Gasteiger partial charge in [0.25, 0.3) is 0 Å². The molecule has 0 rings (SSSR count). The molecular weight excluding hydrogens is 298 g/mol. The molecule has 0 aliphatic heterocycles. The lowest BCUT2D eigenvalue weighted by molar-refractivity contribution is 0.0709. The summed E-state index contributed by atoms with van der Waals surface area (Å²) >= 11 is 0. The molecule has 0 spiro atoms. The van der Waals surface area contributed by atoms with Crippen molar-refractivity contribution in [3.63, 3.8) is 0 Å². The van der Waals surface area contributed by atoms with Gasteiger partial charge >= 0.3 is 8.80 Å². The minimum Gasteiger partial charge on any atom is -0.374 e. The van der Waals surface area contributed by atoms with Crippen molar-refractivity contribution in [3.8, 4) is 0 Å². The van der Waals surface area contributed by atoms with E-state index in [9.17, 15) is 8.42 Å². The number of allylic oxidation sites excluding steroid dienone is 1. The van der Waals surface area contributed by atoms with E-state index >= 15 is 0 Å². The van der Waals surface area contributed by atoms with Crippen LogP contribution in [0.2, 0.25) is 6.04 Å². The van der Waals surface area contributed by atoms with Gasteiger partial charge in [0.2, 0.25) is 10.9 Å². The van der Waals surface area contributed by atoms with E-state index in [0.29, 0.717) is 26.4 Å². The lowest BCUT2D eigenvalue weighted by atomic mass is 10.3. The highest BCUT2D eigenvalue weighted by Crippen LogP contribution is 2.19. The van der Waals surface area contributed by atoms with Gasteiger partial charge in [-0.1, -0.05) is 12.2 Å². The molecule has 20 heavy (non-hydrogen) atoms. The standard InChI is InChI=1S/C12H27NO5SSi/c1-4-16-20(17-5-2,18-6-3)12-10-8-7-9-11-13-19(14)15/h7,9,19H,4-6,8,10-12H2,1-3H3,(H,13,14,15). The molecule has 0 amide bonds. The number of unbranched alkanes of at least 4 members (excludes halogenated alkanes) is 1. The predicted molar refractivity (Wildman–Crippen MR) is 82.1 cm³/mol. The largest absolute Gasteiger partial charge is 0.500 e. The molecule has 0 fully saturated rings. The zero-order chi connectivity index (χ0) is 15.3. The Balaban J connectivity index is 4.11. The summed E-state index contributed by atoms with van der Waals surface area (Å²) in [4.78, 5) is 0. The first kappa shape index (κ1) is 19.7. The Morgan fingerprint density at radius 3 is 2.00 bits per heavy atom. The van der Waals surface area contributed by atoms with Crippen LogP contribution in [-0.4, -0.2) is 43.6 Å². The van der Waals surface area contributed by atoms with Crippen LogP contribution in [0, 0.1) is 0 Å². The Morgan fingerprint density at radius 2 is 1.55 bits per heavy atom. The Kier molecular flexibility index (Phi) is 12.3. The fourth-order valence-electron chi connectivity index (χ4n) is 1.77. The Bertz CT molecular complexity index is 311. The monoisotopic (exact) mass is 325 g/mol. The van der Waals surface area contributed by atoms with Crippen molar-refractivity contribution in [1.29, 1.82) is 0 Å².